The molecule has 0 aliphatic heterocycles. The third-order valence-electron chi connectivity index (χ3n) is 3.43. The number of alkyl carbamates (subject to hydrolysis) is 1. The number of ether oxygens (including phenoxy) is 1. The Morgan fingerprint density at radius 1 is 1.28 bits per heavy atom. The van der Waals surface area contributed by atoms with Crippen molar-refractivity contribution in [2.75, 3.05) is 0 Å². The van der Waals surface area contributed by atoms with E-state index in [1.54, 1.807) is 20.8 Å². The second kappa shape index (κ2) is 4.30. The fraction of sp³-hybridized carbons (Fsp3) is 0.692. The SMILES string of the molecule is CC(C)(C)OC(=O)N[C@H]1[C@H](C(=O)O)[C@H]2C=C[C@H]1C2. The number of carboxylic acid groups (broad SMARTS) is 1. The number of carbonyl (C=O) groups excluding carboxylic acids is 1. The van der Waals surface area contributed by atoms with E-state index in [0.717, 1.165) is 6.42 Å². The fourth-order valence-electron chi connectivity index (χ4n) is 2.80. The van der Waals surface area contributed by atoms with Crippen LogP contribution in [0.2, 0.25) is 0 Å². The van der Waals surface area contributed by atoms with Crippen molar-refractivity contribution in [1.82, 2.24) is 5.32 Å². The van der Waals surface area contributed by atoms with Gasteiger partial charge >= 0.3 is 12.1 Å². The van der Waals surface area contributed by atoms with Gasteiger partial charge in [-0.15, -0.1) is 0 Å². The predicted octanol–water partition coefficient (Wildman–Crippen LogP) is 1.79. The smallest absolute Gasteiger partial charge is 0.407 e. The van der Waals surface area contributed by atoms with Crippen molar-refractivity contribution >= 4 is 12.1 Å². The van der Waals surface area contributed by atoms with E-state index in [9.17, 15) is 14.7 Å². The van der Waals surface area contributed by atoms with Crippen molar-refractivity contribution in [3.05, 3.63) is 12.2 Å². The molecule has 2 aliphatic rings. The number of nitrogens with one attached hydrogen (secondary N) is 1. The summed E-state index contributed by atoms with van der Waals surface area (Å²) in [7, 11) is 0. The van der Waals surface area contributed by atoms with Crippen molar-refractivity contribution in [1.29, 1.82) is 0 Å². The Kier molecular flexibility index (Phi) is 3.09. The molecular formula is C13H19NO4. The average molecular weight is 253 g/mol. The lowest BCUT2D eigenvalue weighted by molar-refractivity contribution is -0.143. The number of amides is 1. The summed E-state index contributed by atoms with van der Waals surface area (Å²) in [5, 5.41) is 11.9. The third kappa shape index (κ3) is 2.49. The van der Waals surface area contributed by atoms with E-state index in [4.69, 9.17) is 4.74 Å². The molecule has 0 unspecified atom stereocenters. The third-order valence-corrected chi connectivity index (χ3v) is 3.43. The highest BCUT2D eigenvalue weighted by atomic mass is 16.6. The van der Waals surface area contributed by atoms with Gasteiger partial charge in [0, 0.05) is 0 Å². The summed E-state index contributed by atoms with van der Waals surface area (Å²) in [4.78, 5) is 23.0. The highest BCUT2D eigenvalue weighted by Crippen LogP contribution is 2.43. The zero-order valence-electron chi connectivity index (χ0n) is 10.8. The maximum Gasteiger partial charge on any atom is 0.407 e. The van der Waals surface area contributed by atoms with Crippen molar-refractivity contribution in [2.24, 2.45) is 17.8 Å². The Morgan fingerprint density at radius 3 is 2.44 bits per heavy atom. The van der Waals surface area contributed by atoms with E-state index in [1.807, 2.05) is 12.2 Å². The molecule has 2 bridgehead atoms. The summed E-state index contributed by atoms with van der Waals surface area (Å²) in [6.45, 7) is 5.34. The van der Waals surface area contributed by atoms with Crippen LogP contribution in [-0.4, -0.2) is 28.8 Å². The molecule has 0 spiro atoms. The predicted molar refractivity (Wildman–Crippen MR) is 65.0 cm³/mol. The Hall–Kier alpha value is -1.52. The molecule has 100 valence electrons. The summed E-state index contributed by atoms with van der Waals surface area (Å²) < 4.78 is 5.17. The van der Waals surface area contributed by atoms with E-state index in [2.05, 4.69) is 5.32 Å². The first-order valence-corrected chi connectivity index (χ1v) is 6.18. The zero-order valence-corrected chi connectivity index (χ0v) is 10.8. The second-order valence-electron chi connectivity index (χ2n) is 5.98. The van der Waals surface area contributed by atoms with E-state index >= 15 is 0 Å². The Labute approximate surface area is 106 Å². The van der Waals surface area contributed by atoms with Gasteiger partial charge < -0.3 is 15.2 Å². The molecule has 0 heterocycles. The standard InChI is InChI=1S/C13H19NO4/c1-13(2,3)18-12(17)14-10-8-5-4-7(6-8)9(10)11(15)16/h4-5,7-10H,6H2,1-3H3,(H,14,17)(H,15,16)/t7-,8-,9+,10+/m0/s1. The minimum Gasteiger partial charge on any atom is -0.481 e. The van der Waals surface area contributed by atoms with Gasteiger partial charge in [-0.1, -0.05) is 12.2 Å². The molecule has 2 rings (SSSR count). The number of rotatable bonds is 2. The summed E-state index contributed by atoms with van der Waals surface area (Å²) >= 11 is 0. The molecular weight excluding hydrogens is 234 g/mol. The number of hydrogen-bond donors (Lipinski definition) is 2. The minimum absolute atomic E-state index is 0.0347. The molecule has 5 nitrogen and oxygen atoms in total. The first-order valence-electron chi connectivity index (χ1n) is 6.18. The van der Waals surface area contributed by atoms with Crippen LogP contribution in [0.25, 0.3) is 0 Å². The maximum atomic E-state index is 11.7. The molecule has 1 fully saturated rings. The van der Waals surface area contributed by atoms with Crippen molar-refractivity contribution in [2.45, 2.75) is 38.8 Å². The molecule has 1 saturated carbocycles. The molecule has 5 heteroatoms. The van der Waals surface area contributed by atoms with Crippen molar-refractivity contribution in [3.63, 3.8) is 0 Å². The molecule has 0 aromatic rings. The van der Waals surface area contributed by atoms with Gasteiger partial charge in [-0.25, -0.2) is 4.79 Å². The van der Waals surface area contributed by atoms with Crippen LogP contribution in [-0.2, 0) is 9.53 Å². The van der Waals surface area contributed by atoms with E-state index < -0.39 is 23.6 Å². The lowest BCUT2D eigenvalue weighted by Crippen LogP contribution is -2.47. The van der Waals surface area contributed by atoms with Gasteiger partial charge in [0.25, 0.3) is 0 Å². The quantitative estimate of drug-likeness (QED) is 0.736. The summed E-state index contributed by atoms with van der Waals surface area (Å²) in [6, 6.07) is -0.354. The first-order chi connectivity index (χ1) is 8.28. The maximum absolute atomic E-state index is 11.7. The molecule has 18 heavy (non-hydrogen) atoms. The lowest BCUT2D eigenvalue weighted by atomic mass is 9.89. The molecule has 0 aromatic carbocycles. The molecule has 0 saturated heterocycles. The molecule has 2 N–H and O–H groups in total. The largest absolute Gasteiger partial charge is 0.481 e. The number of hydrogen-bond acceptors (Lipinski definition) is 3. The number of aliphatic carboxylic acids is 1. The van der Waals surface area contributed by atoms with Crippen LogP contribution in [0.1, 0.15) is 27.2 Å². The van der Waals surface area contributed by atoms with Gasteiger partial charge in [0.05, 0.1) is 12.0 Å². The topological polar surface area (TPSA) is 75.6 Å². The lowest BCUT2D eigenvalue weighted by Gasteiger charge is -2.27. The zero-order chi connectivity index (χ0) is 13.5. The normalized spacial score (nSPS) is 33.5. The van der Waals surface area contributed by atoms with Crippen LogP contribution in [0, 0.1) is 17.8 Å². The average Bonchev–Trinajstić information content (AvgIpc) is 2.73. The van der Waals surface area contributed by atoms with Gasteiger partial charge in [0.2, 0.25) is 0 Å². The number of carboxylic acids is 1. The van der Waals surface area contributed by atoms with Crippen molar-refractivity contribution in [3.8, 4) is 0 Å². The summed E-state index contributed by atoms with van der Waals surface area (Å²) in [5.41, 5.74) is -0.573. The minimum atomic E-state index is -0.854. The molecule has 0 radical (unpaired) electrons. The number of allylic oxidation sites excluding steroid dienone is 1. The van der Waals surface area contributed by atoms with Crippen LogP contribution in [0.15, 0.2) is 12.2 Å². The highest BCUT2D eigenvalue weighted by molar-refractivity contribution is 5.75. The Balaban J connectivity index is 2.02. The molecule has 1 amide bonds. The van der Waals surface area contributed by atoms with Gasteiger partial charge in [0.1, 0.15) is 5.60 Å². The van der Waals surface area contributed by atoms with E-state index in [1.165, 1.54) is 0 Å². The fourth-order valence-corrected chi connectivity index (χ4v) is 2.80. The van der Waals surface area contributed by atoms with E-state index in [0.29, 0.717) is 0 Å². The van der Waals surface area contributed by atoms with Gasteiger partial charge in [-0.2, -0.15) is 0 Å². The van der Waals surface area contributed by atoms with Crippen molar-refractivity contribution < 1.29 is 19.4 Å². The van der Waals surface area contributed by atoms with Crippen LogP contribution < -0.4 is 5.32 Å². The second-order valence-corrected chi connectivity index (χ2v) is 5.98. The molecule has 2 aliphatic carbocycles. The Bertz CT molecular complexity index is 396. The van der Waals surface area contributed by atoms with Gasteiger partial charge in [-0.05, 0) is 39.0 Å². The van der Waals surface area contributed by atoms with Crippen LogP contribution >= 0.6 is 0 Å². The molecule has 4 atom stereocenters. The van der Waals surface area contributed by atoms with Crippen LogP contribution in [0.4, 0.5) is 4.79 Å². The summed E-state index contributed by atoms with van der Waals surface area (Å²) in [6.07, 6.45) is 4.19. The first kappa shape index (κ1) is 12.9. The molecule has 0 aromatic heterocycles. The van der Waals surface area contributed by atoms with Crippen LogP contribution in [0.3, 0.4) is 0 Å². The number of carbonyl (C=O) groups is 2. The highest BCUT2D eigenvalue weighted by Gasteiger charge is 2.49. The van der Waals surface area contributed by atoms with E-state index in [-0.39, 0.29) is 17.9 Å². The van der Waals surface area contributed by atoms with Gasteiger partial charge in [-0.3, -0.25) is 4.79 Å². The Morgan fingerprint density at radius 2 is 1.89 bits per heavy atom. The summed E-state index contributed by atoms with van der Waals surface area (Å²) in [5.74, 6) is -1.24. The number of fused-ring (bicyclic) bond motifs is 2. The monoisotopic (exact) mass is 253 g/mol. The van der Waals surface area contributed by atoms with Crippen LogP contribution in [0.5, 0.6) is 0 Å². The van der Waals surface area contributed by atoms with Gasteiger partial charge in [0.15, 0.2) is 0 Å².